The van der Waals surface area contributed by atoms with E-state index < -0.39 is 0 Å². The molecule has 6 nitrogen and oxygen atoms in total. The number of furan rings is 1. The molecule has 3 rings (SSSR count). The molecule has 7 heteroatoms. The van der Waals surface area contributed by atoms with Crippen LogP contribution in [-0.4, -0.2) is 74.8 Å². The Morgan fingerprint density at radius 3 is 2.93 bits per heavy atom. The third kappa shape index (κ3) is 7.91. The van der Waals surface area contributed by atoms with Gasteiger partial charge in [0.15, 0.2) is 5.96 Å². The van der Waals surface area contributed by atoms with Crippen LogP contribution in [-0.2, 0) is 11.2 Å². The molecule has 1 aromatic heterocycles. The van der Waals surface area contributed by atoms with E-state index in [4.69, 9.17) is 14.1 Å². The Kier molecular flexibility index (Phi) is 11.3. The van der Waals surface area contributed by atoms with E-state index in [0.717, 1.165) is 69.9 Å². The van der Waals surface area contributed by atoms with Crippen molar-refractivity contribution in [2.45, 2.75) is 39.0 Å². The molecule has 0 aromatic carbocycles. The van der Waals surface area contributed by atoms with Crippen molar-refractivity contribution >= 4 is 29.9 Å². The molecular weight excluding hydrogens is 467 g/mol. The molecule has 1 unspecified atom stereocenters. The quantitative estimate of drug-likeness (QED) is 0.230. The summed E-state index contributed by atoms with van der Waals surface area (Å²) in [5.74, 6) is 2.84. The molecular formula is C21H37IN4O2. The molecule has 1 atom stereocenters. The summed E-state index contributed by atoms with van der Waals surface area (Å²) in [5.41, 5.74) is 0. The van der Waals surface area contributed by atoms with Crippen LogP contribution in [0.25, 0.3) is 0 Å². The van der Waals surface area contributed by atoms with Crippen LogP contribution >= 0.6 is 24.0 Å². The third-order valence-corrected chi connectivity index (χ3v) is 5.45. The van der Waals surface area contributed by atoms with Gasteiger partial charge < -0.3 is 24.3 Å². The first-order valence-electron chi connectivity index (χ1n) is 10.7. The monoisotopic (exact) mass is 504 g/mol. The van der Waals surface area contributed by atoms with E-state index >= 15 is 0 Å². The number of likely N-dealkylation sites (tertiary alicyclic amines) is 2. The number of guanidine groups is 1. The Morgan fingerprint density at radius 2 is 2.18 bits per heavy atom. The summed E-state index contributed by atoms with van der Waals surface area (Å²) in [7, 11) is 0. The Bertz CT molecular complexity index is 547. The molecule has 2 fully saturated rings. The summed E-state index contributed by atoms with van der Waals surface area (Å²) in [6.45, 7) is 11.3. The minimum absolute atomic E-state index is 0. The third-order valence-electron chi connectivity index (χ3n) is 5.45. The van der Waals surface area contributed by atoms with Crippen molar-refractivity contribution in [1.82, 2.24) is 15.1 Å². The van der Waals surface area contributed by atoms with E-state index in [2.05, 4.69) is 15.1 Å². The SMILES string of the molecule is CCOCCCN=C(NCCc1ccco1)N1CCC(CN2CCCC2)C1.I. The highest BCUT2D eigenvalue weighted by Gasteiger charge is 2.27. The van der Waals surface area contributed by atoms with E-state index in [1.54, 1.807) is 6.26 Å². The summed E-state index contributed by atoms with van der Waals surface area (Å²) in [6.07, 6.45) is 7.61. The number of nitrogens with one attached hydrogen (secondary N) is 1. The summed E-state index contributed by atoms with van der Waals surface area (Å²) in [5, 5.41) is 3.57. The number of halogens is 1. The van der Waals surface area contributed by atoms with E-state index in [0.29, 0.717) is 0 Å². The van der Waals surface area contributed by atoms with Crippen LogP contribution in [0.1, 0.15) is 38.4 Å². The number of rotatable bonds is 10. The van der Waals surface area contributed by atoms with Crippen molar-refractivity contribution in [3.05, 3.63) is 24.2 Å². The Hall–Kier alpha value is -0.800. The Morgan fingerprint density at radius 1 is 1.32 bits per heavy atom. The molecule has 2 saturated heterocycles. The fraction of sp³-hybridized carbons (Fsp3) is 0.762. The van der Waals surface area contributed by atoms with Gasteiger partial charge in [0.1, 0.15) is 5.76 Å². The fourth-order valence-electron chi connectivity index (χ4n) is 4.02. The number of ether oxygens (including phenoxy) is 1. The van der Waals surface area contributed by atoms with Crippen molar-refractivity contribution in [2.24, 2.45) is 10.9 Å². The zero-order valence-electron chi connectivity index (χ0n) is 17.3. The largest absolute Gasteiger partial charge is 0.469 e. The van der Waals surface area contributed by atoms with Crippen LogP contribution < -0.4 is 5.32 Å². The molecule has 2 aliphatic heterocycles. The first-order chi connectivity index (χ1) is 13.3. The summed E-state index contributed by atoms with van der Waals surface area (Å²) in [6, 6.07) is 3.98. The predicted octanol–water partition coefficient (Wildman–Crippen LogP) is 3.23. The second-order valence-corrected chi connectivity index (χ2v) is 7.62. The van der Waals surface area contributed by atoms with Crippen LogP contribution in [0.3, 0.4) is 0 Å². The minimum Gasteiger partial charge on any atom is -0.469 e. The maximum atomic E-state index is 5.44. The zero-order chi connectivity index (χ0) is 18.7. The van der Waals surface area contributed by atoms with Crippen molar-refractivity contribution in [3.8, 4) is 0 Å². The van der Waals surface area contributed by atoms with Crippen molar-refractivity contribution in [1.29, 1.82) is 0 Å². The second-order valence-electron chi connectivity index (χ2n) is 7.62. The van der Waals surface area contributed by atoms with E-state index in [1.807, 2.05) is 19.1 Å². The van der Waals surface area contributed by atoms with Crippen LogP contribution in [0.15, 0.2) is 27.8 Å². The highest BCUT2D eigenvalue weighted by molar-refractivity contribution is 14.0. The van der Waals surface area contributed by atoms with Gasteiger partial charge in [-0.15, -0.1) is 24.0 Å². The van der Waals surface area contributed by atoms with Crippen LogP contribution in [0.4, 0.5) is 0 Å². The zero-order valence-corrected chi connectivity index (χ0v) is 19.6. The van der Waals surface area contributed by atoms with Gasteiger partial charge in [0.05, 0.1) is 6.26 Å². The molecule has 0 bridgehead atoms. The second kappa shape index (κ2) is 13.4. The number of nitrogens with zero attached hydrogens (tertiary/aromatic N) is 3. The average molecular weight is 504 g/mol. The van der Waals surface area contributed by atoms with E-state index in [1.165, 1.54) is 38.9 Å². The van der Waals surface area contributed by atoms with Gasteiger partial charge in [-0.3, -0.25) is 4.99 Å². The van der Waals surface area contributed by atoms with E-state index in [-0.39, 0.29) is 24.0 Å². The molecule has 0 spiro atoms. The maximum Gasteiger partial charge on any atom is 0.193 e. The lowest BCUT2D eigenvalue weighted by molar-refractivity contribution is 0.146. The van der Waals surface area contributed by atoms with Gasteiger partial charge in [-0.1, -0.05) is 0 Å². The molecule has 160 valence electrons. The van der Waals surface area contributed by atoms with Gasteiger partial charge in [0.25, 0.3) is 0 Å². The highest BCUT2D eigenvalue weighted by Crippen LogP contribution is 2.20. The molecule has 0 saturated carbocycles. The highest BCUT2D eigenvalue weighted by atomic mass is 127. The molecule has 0 radical (unpaired) electrons. The van der Waals surface area contributed by atoms with Gasteiger partial charge in [-0.05, 0) is 63.7 Å². The predicted molar refractivity (Wildman–Crippen MR) is 125 cm³/mol. The summed E-state index contributed by atoms with van der Waals surface area (Å²) < 4.78 is 10.9. The van der Waals surface area contributed by atoms with Crippen LogP contribution in [0, 0.1) is 5.92 Å². The number of hydrogen-bond acceptors (Lipinski definition) is 4. The van der Waals surface area contributed by atoms with Gasteiger partial charge in [0.2, 0.25) is 0 Å². The van der Waals surface area contributed by atoms with Crippen LogP contribution in [0.5, 0.6) is 0 Å². The fourth-order valence-corrected chi connectivity index (χ4v) is 4.02. The molecule has 1 aromatic rings. The Labute approximate surface area is 187 Å². The van der Waals surface area contributed by atoms with Gasteiger partial charge in [0, 0.05) is 52.4 Å². The van der Waals surface area contributed by atoms with E-state index in [9.17, 15) is 0 Å². The number of aliphatic imine (C=N–C) groups is 1. The molecule has 0 aliphatic carbocycles. The first kappa shape index (κ1) is 23.5. The topological polar surface area (TPSA) is 53.2 Å². The maximum absolute atomic E-state index is 5.44. The van der Waals surface area contributed by atoms with Gasteiger partial charge in [-0.25, -0.2) is 0 Å². The van der Waals surface area contributed by atoms with Crippen molar-refractivity contribution in [3.63, 3.8) is 0 Å². The molecule has 28 heavy (non-hydrogen) atoms. The molecule has 1 N–H and O–H groups in total. The summed E-state index contributed by atoms with van der Waals surface area (Å²) >= 11 is 0. The van der Waals surface area contributed by atoms with Crippen molar-refractivity contribution < 1.29 is 9.15 Å². The smallest absolute Gasteiger partial charge is 0.193 e. The van der Waals surface area contributed by atoms with Gasteiger partial charge in [-0.2, -0.15) is 0 Å². The molecule has 2 aliphatic rings. The number of hydrogen-bond donors (Lipinski definition) is 1. The normalized spacial score (nSPS) is 20.5. The van der Waals surface area contributed by atoms with Crippen LogP contribution in [0.2, 0.25) is 0 Å². The lowest BCUT2D eigenvalue weighted by Gasteiger charge is -2.23. The molecule has 0 amide bonds. The standard InChI is InChI=1S/C21H36N4O2.HI/c1-2-26-15-6-10-22-21(23-11-8-20-7-5-16-27-20)25-14-9-19(18-25)17-24-12-3-4-13-24;/h5,7,16,19H,2-4,6,8-15,17-18H2,1H3,(H,22,23);1H. The molecule has 3 heterocycles. The average Bonchev–Trinajstić information content (AvgIpc) is 3.43. The Balaban J connectivity index is 0.00000280. The lowest BCUT2D eigenvalue weighted by Crippen LogP contribution is -2.41. The lowest BCUT2D eigenvalue weighted by atomic mass is 10.1. The summed E-state index contributed by atoms with van der Waals surface area (Å²) in [4.78, 5) is 9.95. The minimum atomic E-state index is 0. The van der Waals surface area contributed by atoms with Crippen molar-refractivity contribution in [2.75, 3.05) is 59.0 Å². The van der Waals surface area contributed by atoms with Gasteiger partial charge >= 0.3 is 0 Å². The first-order valence-corrected chi connectivity index (χ1v) is 10.7.